The van der Waals surface area contributed by atoms with Gasteiger partial charge in [-0.3, -0.25) is 14.5 Å². The van der Waals surface area contributed by atoms with Gasteiger partial charge in [0.1, 0.15) is 0 Å². The Kier molecular flexibility index (Phi) is 9.53. The fourth-order valence-electron chi connectivity index (χ4n) is 4.32. The molecule has 0 saturated heterocycles. The first kappa shape index (κ1) is 27.4. The zero-order valence-corrected chi connectivity index (χ0v) is 23.1. The molecular formula is C30H30IN3O4. The Morgan fingerprint density at radius 1 is 0.947 bits per heavy atom. The number of nitrogens with one attached hydrogen (secondary N) is 2. The van der Waals surface area contributed by atoms with Crippen LogP contribution in [0.4, 0.5) is 16.2 Å². The molecule has 196 valence electrons. The van der Waals surface area contributed by atoms with E-state index in [0.717, 1.165) is 27.7 Å². The molecule has 3 aromatic carbocycles. The molecule has 0 radical (unpaired) electrons. The summed E-state index contributed by atoms with van der Waals surface area (Å²) < 4.78 is 1.02. The van der Waals surface area contributed by atoms with Gasteiger partial charge < -0.3 is 15.7 Å². The van der Waals surface area contributed by atoms with Crippen LogP contribution < -0.4 is 15.5 Å². The first-order valence-electron chi connectivity index (χ1n) is 12.6. The molecule has 4 rings (SSSR count). The van der Waals surface area contributed by atoms with E-state index in [2.05, 4.69) is 51.4 Å². The van der Waals surface area contributed by atoms with E-state index in [0.29, 0.717) is 17.8 Å². The zero-order valence-electron chi connectivity index (χ0n) is 21.0. The molecule has 0 heterocycles. The predicted octanol–water partition coefficient (Wildman–Crippen LogP) is 6.69. The van der Waals surface area contributed by atoms with E-state index in [4.69, 9.17) is 5.11 Å². The summed E-state index contributed by atoms with van der Waals surface area (Å²) in [5.41, 5.74) is 5.30. The van der Waals surface area contributed by atoms with Crippen LogP contribution in [0.2, 0.25) is 0 Å². The molecule has 0 aliphatic heterocycles. The van der Waals surface area contributed by atoms with Crippen molar-refractivity contribution in [2.75, 3.05) is 16.8 Å². The van der Waals surface area contributed by atoms with E-state index < -0.39 is 5.97 Å². The molecule has 7 nitrogen and oxygen atoms in total. The number of carbonyl (C=O) groups excluding carboxylic acids is 2. The minimum Gasteiger partial charge on any atom is -0.481 e. The molecule has 0 unspecified atom stereocenters. The van der Waals surface area contributed by atoms with E-state index in [1.807, 2.05) is 36.4 Å². The number of hydrogen-bond acceptors (Lipinski definition) is 3. The van der Waals surface area contributed by atoms with Gasteiger partial charge in [0.05, 0.1) is 13.0 Å². The van der Waals surface area contributed by atoms with Crippen molar-refractivity contribution in [2.24, 2.45) is 0 Å². The number of carboxylic acid groups (broad SMARTS) is 1. The number of amides is 3. The Morgan fingerprint density at radius 3 is 2.37 bits per heavy atom. The summed E-state index contributed by atoms with van der Waals surface area (Å²) in [7, 11) is 0. The summed E-state index contributed by atoms with van der Waals surface area (Å²) in [5.74, 6) is -1.30. The summed E-state index contributed by atoms with van der Waals surface area (Å²) in [4.78, 5) is 38.1. The molecule has 38 heavy (non-hydrogen) atoms. The van der Waals surface area contributed by atoms with Crippen molar-refractivity contribution >= 4 is 57.4 Å². The summed E-state index contributed by atoms with van der Waals surface area (Å²) >= 11 is 2.21. The third-order valence-corrected chi connectivity index (χ3v) is 7.01. The quantitative estimate of drug-likeness (QED) is 0.231. The van der Waals surface area contributed by atoms with Gasteiger partial charge in [-0.25, -0.2) is 4.79 Å². The molecule has 1 aliphatic carbocycles. The molecular weight excluding hydrogens is 593 g/mol. The minimum absolute atomic E-state index is 0.0647. The van der Waals surface area contributed by atoms with Gasteiger partial charge in [0.15, 0.2) is 0 Å². The maximum Gasteiger partial charge on any atom is 0.326 e. The van der Waals surface area contributed by atoms with Gasteiger partial charge in [-0.2, -0.15) is 0 Å². The Bertz CT molecular complexity index is 1320. The highest BCUT2D eigenvalue weighted by molar-refractivity contribution is 14.1. The van der Waals surface area contributed by atoms with Gasteiger partial charge in [0.2, 0.25) is 0 Å². The van der Waals surface area contributed by atoms with E-state index in [-0.39, 0.29) is 24.9 Å². The Morgan fingerprint density at radius 2 is 1.71 bits per heavy atom. The number of allylic oxidation sites excluding steroid dienone is 2. The Balaban J connectivity index is 1.52. The van der Waals surface area contributed by atoms with Crippen LogP contribution >= 0.6 is 22.6 Å². The smallest absolute Gasteiger partial charge is 0.326 e. The number of hydrogen-bond donors (Lipinski definition) is 3. The number of benzene rings is 3. The molecule has 0 atom stereocenters. The second-order valence-electron chi connectivity index (χ2n) is 9.15. The summed E-state index contributed by atoms with van der Waals surface area (Å²) in [6.07, 6.45) is 6.79. The van der Waals surface area contributed by atoms with E-state index in [1.165, 1.54) is 24.0 Å². The van der Waals surface area contributed by atoms with Crippen LogP contribution in [0.1, 0.15) is 53.6 Å². The van der Waals surface area contributed by atoms with Crippen molar-refractivity contribution in [3.63, 3.8) is 0 Å². The summed E-state index contributed by atoms with van der Waals surface area (Å²) in [5, 5.41) is 14.4. The first-order valence-corrected chi connectivity index (χ1v) is 13.7. The van der Waals surface area contributed by atoms with Crippen molar-refractivity contribution in [3.05, 3.63) is 99.1 Å². The molecule has 0 bridgehead atoms. The molecule has 8 heteroatoms. The fraction of sp³-hybridized carbons (Fsp3) is 0.233. The lowest BCUT2D eigenvalue weighted by Gasteiger charge is -2.24. The maximum atomic E-state index is 13.5. The second-order valence-corrected chi connectivity index (χ2v) is 10.4. The predicted molar refractivity (Wildman–Crippen MR) is 158 cm³/mol. The molecule has 0 spiro atoms. The lowest BCUT2D eigenvalue weighted by molar-refractivity contribution is -0.136. The SMILES string of the molecule is O=C(O)CCNC(=O)c1ccc(CN(C(=O)Nc2cccc(I)c2)c2ccc(C3=CCCCC3)cc2)cc1. The zero-order chi connectivity index (χ0) is 26.9. The Hall–Kier alpha value is -3.66. The molecule has 0 fully saturated rings. The largest absolute Gasteiger partial charge is 0.481 e. The molecule has 0 aromatic heterocycles. The third-order valence-electron chi connectivity index (χ3n) is 6.34. The second kappa shape index (κ2) is 13.2. The normalized spacial score (nSPS) is 12.8. The van der Waals surface area contributed by atoms with Gasteiger partial charge in [-0.1, -0.05) is 36.4 Å². The molecule has 3 N–H and O–H groups in total. The first-order chi connectivity index (χ1) is 18.4. The van der Waals surface area contributed by atoms with Crippen molar-refractivity contribution in [2.45, 2.75) is 38.6 Å². The van der Waals surface area contributed by atoms with Crippen molar-refractivity contribution in [3.8, 4) is 0 Å². The van der Waals surface area contributed by atoms with Crippen LogP contribution in [0.5, 0.6) is 0 Å². The van der Waals surface area contributed by atoms with Crippen molar-refractivity contribution in [1.82, 2.24) is 5.32 Å². The average Bonchev–Trinajstić information content (AvgIpc) is 2.92. The number of aliphatic carboxylic acids is 1. The number of nitrogens with zero attached hydrogens (tertiary/aromatic N) is 1. The standard InChI is InChI=1S/C30H30IN3O4/c31-25-7-4-8-26(19-25)33-30(38)34(27-15-13-23(14-16-27)22-5-2-1-3-6-22)20-21-9-11-24(12-10-21)29(37)32-18-17-28(35)36/h4-5,7-16,19H,1-3,6,17-18,20H2,(H,32,37)(H,33,38)(H,35,36). The molecule has 0 saturated carbocycles. The monoisotopic (exact) mass is 623 g/mol. The van der Waals surface area contributed by atoms with Crippen molar-refractivity contribution < 1.29 is 19.5 Å². The van der Waals surface area contributed by atoms with Gasteiger partial charge in [-0.15, -0.1) is 0 Å². The molecule has 1 aliphatic rings. The van der Waals surface area contributed by atoms with Crippen molar-refractivity contribution in [1.29, 1.82) is 0 Å². The number of carboxylic acids is 1. The number of rotatable bonds is 9. The Labute approximate surface area is 236 Å². The highest BCUT2D eigenvalue weighted by Crippen LogP contribution is 2.29. The number of urea groups is 1. The van der Waals surface area contributed by atoms with Gasteiger partial charge >= 0.3 is 12.0 Å². The number of anilines is 2. The third kappa shape index (κ3) is 7.67. The van der Waals surface area contributed by atoms with Gasteiger partial charge in [0, 0.05) is 27.1 Å². The highest BCUT2D eigenvalue weighted by atomic mass is 127. The summed E-state index contributed by atoms with van der Waals surface area (Å²) in [6, 6.07) is 22.4. The molecule has 3 aromatic rings. The molecule has 3 amide bonds. The van der Waals surface area contributed by atoms with E-state index >= 15 is 0 Å². The van der Waals surface area contributed by atoms with Crippen LogP contribution in [0.25, 0.3) is 5.57 Å². The number of halogens is 1. The maximum absolute atomic E-state index is 13.5. The minimum atomic E-state index is -0.965. The highest BCUT2D eigenvalue weighted by Gasteiger charge is 2.18. The van der Waals surface area contributed by atoms with Crippen LogP contribution in [0.15, 0.2) is 78.9 Å². The van der Waals surface area contributed by atoms with Crippen LogP contribution in [-0.4, -0.2) is 29.6 Å². The lowest BCUT2D eigenvalue weighted by atomic mass is 9.93. The van der Waals surface area contributed by atoms with Gasteiger partial charge in [-0.05, 0) is 107 Å². The average molecular weight is 623 g/mol. The lowest BCUT2D eigenvalue weighted by Crippen LogP contribution is -2.34. The topological polar surface area (TPSA) is 98.7 Å². The van der Waals surface area contributed by atoms with Crippen LogP contribution in [0, 0.1) is 3.57 Å². The summed E-state index contributed by atoms with van der Waals surface area (Å²) in [6.45, 7) is 0.369. The van der Waals surface area contributed by atoms with E-state index in [1.54, 1.807) is 29.2 Å². The van der Waals surface area contributed by atoms with Crippen LogP contribution in [0.3, 0.4) is 0 Å². The van der Waals surface area contributed by atoms with Crippen LogP contribution in [-0.2, 0) is 11.3 Å². The fourth-order valence-corrected chi connectivity index (χ4v) is 4.87. The van der Waals surface area contributed by atoms with E-state index in [9.17, 15) is 14.4 Å². The van der Waals surface area contributed by atoms with Gasteiger partial charge in [0.25, 0.3) is 5.91 Å². The number of carbonyl (C=O) groups is 3.